The molecule has 3 aromatic rings. The van der Waals surface area contributed by atoms with Crippen molar-refractivity contribution in [2.24, 2.45) is 0 Å². The predicted molar refractivity (Wildman–Crippen MR) is 122 cm³/mol. The zero-order valence-electron chi connectivity index (χ0n) is 18.9. The molecule has 2 saturated heterocycles. The summed E-state index contributed by atoms with van der Waals surface area (Å²) in [5, 5.41) is 3.89. The first-order valence-corrected chi connectivity index (χ1v) is 11.3. The number of fused-ring (bicyclic) bond motifs is 2. The highest BCUT2D eigenvalue weighted by Crippen LogP contribution is 2.32. The number of carbonyl (C=O) groups is 1. The fourth-order valence-electron chi connectivity index (χ4n) is 4.85. The fourth-order valence-corrected chi connectivity index (χ4v) is 4.85. The van der Waals surface area contributed by atoms with Crippen LogP contribution in [0.4, 0.5) is 24.8 Å². The van der Waals surface area contributed by atoms with Gasteiger partial charge in [0.25, 0.3) is 6.43 Å². The molecule has 4 heterocycles. The molecular formula is C24H25F3N6O. The second kappa shape index (κ2) is 8.73. The second-order valence-electron chi connectivity index (χ2n) is 8.82. The number of hydrogen-bond acceptors (Lipinski definition) is 6. The molecule has 1 unspecified atom stereocenters. The number of piperazine rings is 1. The number of halogens is 3. The van der Waals surface area contributed by atoms with Crippen LogP contribution in [0.25, 0.3) is 10.9 Å². The van der Waals surface area contributed by atoms with Crippen molar-refractivity contribution >= 4 is 28.4 Å². The standard InChI is InChI=1S/C24H25F3N6O/c1-13(16-4-3-5-17(22(16)25)23(26)27)29-24-18-10-20(28-11-19(18)30-14(2)31-24)32-8-9-33-15(12-32)6-7-21(33)34/h3-5,10-11,13,15,23H,6-9,12H2,1-2H3,(H,29,30,31)/t13-,15?/m1/s1. The van der Waals surface area contributed by atoms with Gasteiger partial charge in [-0.05, 0) is 26.3 Å². The van der Waals surface area contributed by atoms with Crippen LogP contribution < -0.4 is 10.2 Å². The van der Waals surface area contributed by atoms with Gasteiger partial charge in [0.2, 0.25) is 5.91 Å². The summed E-state index contributed by atoms with van der Waals surface area (Å²) in [4.78, 5) is 29.7. The van der Waals surface area contributed by atoms with Gasteiger partial charge in [-0.1, -0.05) is 18.2 Å². The largest absolute Gasteiger partial charge is 0.363 e. The van der Waals surface area contributed by atoms with Crippen LogP contribution in [-0.4, -0.2) is 51.4 Å². The van der Waals surface area contributed by atoms with E-state index >= 15 is 0 Å². The molecule has 10 heteroatoms. The van der Waals surface area contributed by atoms with Gasteiger partial charge in [-0.25, -0.2) is 28.1 Å². The zero-order valence-corrected chi connectivity index (χ0v) is 18.9. The van der Waals surface area contributed by atoms with Crippen molar-refractivity contribution < 1.29 is 18.0 Å². The van der Waals surface area contributed by atoms with E-state index in [0.29, 0.717) is 48.6 Å². The summed E-state index contributed by atoms with van der Waals surface area (Å²) in [6, 6.07) is 5.48. The molecule has 2 atom stereocenters. The number of benzene rings is 1. The number of anilines is 2. The zero-order chi connectivity index (χ0) is 24.0. The Kier molecular flexibility index (Phi) is 5.75. The molecule has 2 fully saturated rings. The second-order valence-corrected chi connectivity index (χ2v) is 8.82. The van der Waals surface area contributed by atoms with Crippen LogP contribution in [0.2, 0.25) is 0 Å². The van der Waals surface area contributed by atoms with E-state index in [0.717, 1.165) is 18.3 Å². The van der Waals surface area contributed by atoms with E-state index in [1.807, 2.05) is 11.0 Å². The van der Waals surface area contributed by atoms with Gasteiger partial charge < -0.3 is 15.1 Å². The van der Waals surface area contributed by atoms with Gasteiger partial charge in [-0.3, -0.25) is 4.79 Å². The maximum Gasteiger partial charge on any atom is 0.266 e. The summed E-state index contributed by atoms with van der Waals surface area (Å²) < 4.78 is 41.1. The Balaban J connectivity index is 1.46. The van der Waals surface area contributed by atoms with Crippen LogP contribution >= 0.6 is 0 Å². The number of alkyl halides is 2. The van der Waals surface area contributed by atoms with E-state index in [1.54, 1.807) is 20.0 Å². The lowest BCUT2D eigenvalue weighted by molar-refractivity contribution is -0.129. The number of rotatable bonds is 5. The van der Waals surface area contributed by atoms with E-state index in [9.17, 15) is 18.0 Å². The lowest BCUT2D eigenvalue weighted by atomic mass is 10.0. The van der Waals surface area contributed by atoms with Crippen molar-refractivity contribution in [1.29, 1.82) is 0 Å². The van der Waals surface area contributed by atoms with Gasteiger partial charge in [-0.2, -0.15) is 0 Å². The van der Waals surface area contributed by atoms with Gasteiger partial charge in [0.05, 0.1) is 23.3 Å². The first-order valence-electron chi connectivity index (χ1n) is 11.3. The van der Waals surface area contributed by atoms with Crippen molar-refractivity contribution in [1.82, 2.24) is 19.9 Å². The van der Waals surface area contributed by atoms with Crippen molar-refractivity contribution in [2.45, 2.75) is 45.2 Å². The molecule has 7 nitrogen and oxygen atoms in total. The van der Waals surface area contributed by atoms with Crippen LogP contribution in [0.15, 0.2) is 30.5 Å². The summed E-state index contributed by atoms with van der Waals surface area (Å²) in [6.07, 6.45) is 0.225. The van der Waals surface area contributed by atoms with Crippen molar-refractivity contribution in [3.63, 3.8) is 0 Å². The smallest absolute Gasteiger partial charge is 0.266 e. The first-order chi connectivity index (χ1) is 16.3. The van der Waals surface area contributed by atoms with Gasteiger partial charge >= 0.3 is 0 Å². The van der Waals surface area contributed by atoms with E-state index < -0.39 is 23.8 Å². The predicted octanol–water partition coefficient (Wildman–Crippen LogP) is 4.39. The molecule has 34 heavy (non-hydrogen) atoms. The molecule has 1 N–H and O–H groups in total. The highest BCUT2D eigenvalue weighted by molar-refractivity contribution is 5.90. The third-order valence-corrected chi connectivity index (χ3v) is 6.61. The Hall–Kier alpha value is -3.43. The Morgan fingerprint density at radius 3 is 2.76 bits per heavy atom. The number of amides is 1. The Morgan fingerprint density at radius 2 is 1.97 bits per heavy atom. The van der Waals surface area contributed by atoms with Gasteiger partial charge in [0.1, 0.15) is 23.3 Å². The SMILES string of the molecule is Cc1nc(N[C@H](C)c2cccc(C(F)F)c2F)c2cc(N3CCN4C(=O)CCC4C3)ncc2n1. The van der Waals surface area contributed by atoms with Crippen LogP contribution in [-0.2, 0) is 4.79 Å². The molecule has 1 aromatic carbocycles. The minimum absolute atomic E-state index is 0.138. The third kappa shape index (κ3) is 4.01. The summed E-state index contributed by atoms with van der Waals surface area (Å²) in [5.74, 6) is 1.04. The van der Waals surface area contributed by atoms with E-state index in [4.69, 9.17) is 0 Å². The number of pyridine rings is 1. The van der Waals surface area contributed by atoms with Crippen LogP contribution in [0.1, 0.15) is 49.2 Å². The van der Waals surface area contributed by atoms with Crippen LogP contribution in [0.5, 0.6) is 0 Å². The Morgan fingerprint density at radius 1 is 1.18 bits per heavy atom. The van der Waals surface area contributed by atoms with Crippen LogP contribution in [0.3, 0.4) is 0 Å². The van der Waals surface area contributed by atoms with Gasteiger partial charge in [0.15, 0.2) is 0 Å². The van der Waals surface area contributed by atoms with E-state index in [-0.39, 0.29) is 17.5 Å². The summed E-state index contributed by atoms with van der Waals surface area (Å²) in [5.41, 5.74) is 0.145. The molecule has 178 valence electrons. The third-order valence-electron chi connectivity index (χ3n) is 6.61. The minimum Gasteiger partial charge on any atom is -0.363 e. The lowest BCUT2D eigenvalue weighted by Gasteiger charge is -2.38. The molecule has 0 spiro atoms. The topological polar surface area (TPSA) is 74.2 Å². The number of carbonyl (C=O) groups excluding carboxylic acids is 1. The summed E-state index contributed by atoms with van der Waals surface area (Å²) >= 11 is 0. The molecule has 2 aliphatic rings. The quantitative estimate of drug-likeness (QED) is 0.596. The molecule has 0 bridgehead atoms. The van der Waals surface area contributed by atoms with E-state index in [1.165, 1.54) is 12.1 Å². The molecule has 0 aliphatic carbocycles. The Labute approximate surface area is 195 Å². The summed E-state index contributed by atoms with van der Waals surface area (Å²) in [6.45, 7) is 5.50. The molecule has 2 aliphatic heterocycles. The number of nitrogens with one attached hydrogen (secondary N) is 1. The monoisotopic (exact) mass is 470 g/mol. The average Bonchev–Trinajstić information content (AvgIpc) is 3.18. The molecule has 1 amide bonds. The fraction of sp³-hybridized carbons (Fsp3) is 0.417. The maximum atomic E-state index is 14.7. The van der Waals surface area contributed by atoms with E-state index in [2.05, 4.69) is 25.2 Å². The van der Waals surface area contributed by atoms with Gasteiger partial charge in [-0.15, -0.1) is 0 Å². The molecular weight excluding hydrogens is 445 g/mol. The number of aryl methyl sites for hydroxylation is 1. The van der Waals surface area contributed by atoms with Crippen molar-refractivity contribution in [2.75, 3.05) is 29.9 Å². The van der Waals surface area contributed by atoms with Crippen LogP contribution in [0, 0.1) is 12.7 Å². The molecule has 2 aromatic heterocycles. The maximum absolute atomic E-state index is 14.7. The number of hydrogen-bond donors (Lipinski definition) is 1. The van der Waals surface area contributed by atoms with Crippen molar-refractivity contribution in [3.05, 3.63) is 53.2 Å². The number of nitrogens with zero attached hydrogens (tertiary/aromatic N) is 5. The molecule has 5 rings (SSSR count). The highest BCUT2D eigenvalue weighted by Gasteiger charge is 2.36. The average molecular weight is 470 g/mol. The normalized spacial score (nSPS) is 19.1. The van der Waals surface area contributed by atoms with Crippen molar-refractivity contribution in [3.8, 4) is 0 Å². The lowest BCUT2D eigenvalue weighted by Crippen LogP contribution is -2.51. The minimum atomic E-state index is -2.89. The molecule has 0 radical (unpaired) electrons. The molecule has 0 saturated carbocycles. The summed E-state index contributed by atoms with van der Waals surface area (Å²) in [7, 11) is 0. The first kappa shape index (κ1) is 22.4. The highest BCUT2D eigenvalue weighted by atomic mass is 19.3. The Bertz CT molecular complexity index is 1250. The van der Waals surface area contributed by atoms with Gasteiger partial charge in [0, 0.05) is 43.0 Å². The number of aromatic nitrogens is 3.